The maximum atomic E-state index is 10.7. The van der Waals surface area contributed by atoms with Gasteiger partial charge in [-0.2, -0.15) is 21.6 Å². The molecule has 22 heavy (non-hydrogen) atoms. The second-order valence-electron chi connectivity index (χ2n) is 4.85. The number of fused-ring (bicyclic) bond motifs is 1. The smallest absolute Gasteiger partial charge is 0.497 e. The molecule has 0 amide bonds. The summed E-state index contributed by atoms with van der Waals surface area (Å²) in [6, 6.07) is 6.23. The molecular formula is C13H17F3O5S. The van der Waals surface area contributed by atoms with E-state index in [2.05, 4.69) is 12.1 Å². The lowest BCUT2D eigenvalue weighted by Crippen LogP contribution is -2.21. The lowest BCUT2D eigenvalue weighted by atomic mass is 9.84. The van der Waals surface area contributed by atoms with E-state index in [4.69, 9.17) is 22.8 Å². The lowest BCUT2D eigenvalue weighted by Gasteiger charge is -2.23. The van der Waals surface area contributed by atoms with Crippen LogP contribution in [-0.2, 0) is 23.0 Å². The zero-order chi connectivity index (χ0) is 17.0. The van der Waals surface area contributed by atoms with E-state index in [-0.39, 0.29) is 0 Å². The van der Waals surface area contributed by atoms with Crippen molar-refractivity contribution in [1.82, 2.24) is 0 Å². The number of halogens is 3. The molecule has 0 spiro atoms. The van der Waals surface area contributed by atoms with Crippen molar-refractivity contribution in [2.24, 2.45) is 5.92 Å². The average molecular weight is 342 g/mol. The molecule has 1 aliphatic carbocycles. The number of hydrogen-bond acceptors (Lipinski definition) is 4. The third kappa shape index (κ3) is 5.15. The Balaban J connectivity index is 0.000000261. The quantitative estimate of drug-likeness (QED) is 0.636. The van der Waals surface area contributed by atoms with Gasteiger partial charge in [-0.25, -0.2) is 0 Å². The third-order valence-electron chi connectivity index (χ3n) is 3.29. The molecule has 1 unspecified atom stereocenters. The number of rotatable bonds is 2. The van der Waals surface area contributed by atoms with Crippen molar-refractivity contribution >= 4 is 10.1 Å². The lowest BCUT2D eigenvalue weighted by molar-refractivity contribution is -0.0510. The van der Waals surface area contributed by atoms with Crippen LogP contribution in [0.3, 0.4) is 0 Å². The van der Waals surface area contributed by atoms with E-state index >= 15 is 0 Å². The van der Waals surface area contributed by atoms with Gasteiger partial charge in [0, 0.05) is 6.61 Å². The van der Waals surface area contributed by atoms with Crippen molar-refractivity contribution in [3.8, 4) is 5.75 Å². The summed E-state index contributed by atoms with van der Waals surface area (Å²) in [7, 11) is -4.14. The van der Waals surface area contributed by atoms with Crippen LogP contribution >= 0.6 is 0 Å². The van der Waals surface area contributed by atoms with Crippen LogP contribution in [0.25, 0.3) is 0 Å². The van der Waals surface area contributed by atoms with E-state index in [0.717, 1.165) is 25.0 Å². The minimum absolute atomic E-state index is 0.311. The zero-order valence-corrected chi connectivity index (χ0v) is 12.6. The Labute approximate surface area is 126 Å². The van der Waals surface area contributed by atoms with Gasteiger partial charge < -0.3 is 9.84 Å². The Morgan fingerprint density at radius 2 is 1.91 bits per heavy atom. The maximum absolute atomic E-state index is 10.7. The third-order valence-corrected chi connectivity index (χ3v) is 3.88. The van der Waals surface area contributed by atoms with Crippen molar-refractivity contribution in [2.75, 3.05) is 13.7 Å². The van der Waals surface area contributed by atoms with Gasteiger partial charge in [0.05, 0.1) is 7.11 Å². The number of benzene rings is 1. The van der Waals surface area contributed by atoms with Gasteiger partial charge in [-0.05, 0) is 48.4 Å². The minimum Gasteiger partial charge on any atom is -0.497 e. The van der Waals surface area contributed by atoms with E-state index in [9.17, 15) is 13.2 Å². The molecule has 0 saturated heterocycles. The highest BCUT2D eigenvalue weighted by atomic mass is 32.2. The molecule has 126 valence electrons. The fourth-order valence-corrected chi connectivity index (χ4v) is 2.09. The number of ether oxygens (including phenoxy) is 1. The van der Waals surface area contributed by atoms with Crippen molar-refractivity contribution in [3.63, 3.8) is 0 Å². The molecular weight excluding hydrogens is 325 g/mol. The molecule has 0 fully saturated rings. The molecule has 0 heterocycles. The first kappa shape index (κ1) is 18.7. The molecule has 1 aliphatic rings. The molecule has 0 bridgehead atoms. The molecule has 0 radical (unpaired) electrons. The van der Waals surface area contributed by atoms with E-state index in [1.807, 2.05) is 6.07 Å². The highest BCUT2D eigenvalue weighted by Gasteiger charge is 2.44. The SMILES string of the molecule is COc1ccc2c(c1)CCC(CO)C2.O=S(=O)(O)C(F)(F)F. The van der Waals surface area contributed by atoms with Crippen molar-refractivity contribution in [1.29, 1.82) is 0 Å². The van der Waals surface area contributed by atoms with E-state index in [1.54, 1.807) is 7.11 Å². The summed E-state index contributed by atoms with van der Waals surface area (Å²) >= 11 is 0. The van der Waals surface area contributed by atoms with Crippen molar-refractivity contribution in [3.05, 3.63) is 29.3 Å². The molecule has 0 aromatic heterocycles. The number of hydrogen-bond donors (Lipinski definition) is 2. The van der Waals surface area contributed by atoms with Gasteiger partial charge in [-0.15, -0.1) is 0 Å². The normalized spacial score (nSPS) is 18.0. The fraction of sp³-hybridized carbons (Fsp3) is 0.538. The first-order valence-corrected chi connectivity index (χ1v) is 7.83. The van der Waals surface area contributed by atoms with Gasteiger partial charge in [0.15, 0.2) is 0 Å². The summed E-state index contributed by atoms with van der Waals surface area (Å²) in [6.45, 7) is 0.311. The standard InChI is InChI=1S/C12H16O2.CHF3O3S/c1-14-12-5-4-10-6-9(8-13)2-3-11(10)7-12;2-1(3,4)8(5,6)7/h4-5,7,9,13H,2-3,6,8H2,1H3;(H,5,6,7). The molecule has 0 aliphatic heterocycles. The Kier molecular flexibility index (Phi) is 6.21. The molecule has 2 N–H and O–H groups in total. The van der Waals surface area contributed by atoms with Crippen molar-refractivity contribution in [2.45, 2.75) is 24.8 Å². The van der Waals surface area contributed by atoms with Gasteiger partial charge >= 0.3 is 15.6 Å². The number of alkyl halides is 3. The van der Waals surface area contributed by atoms with Crippen LogP contribution in [0, 0.1) is 5.92 Å². The summed E-state index contributed by atoms with van der Waals surface area (Å²) < 4.78 is 62.7. The van der Waals surface area contributed by atoms with E-state index in [0.29, 0.717) is 12.5 Å². The first-order valence-electron chi connectivity index (χ1n) is 6.39. The van der Waals surface area contributed by atoms with Gasteiger partial charge in [-0.1, -0.05) is 6.07 Å². The summed E-state index contributed by atoms with van der Waals surface area (Å²) in [4.78, 5) is 0. The van der Waals surface area contributed by atoms with Gasteiger partial charge in [-0.3, -0.25) is 4.55 Å². The minimum atomic E-state index is -5.84. The summed E-state index contributed by atoms with van der Waals surface area (Å²) in [5, 5.41) is 9.09. The molecule has 5 nitrogen and oxygen atoms in total. The highest BCUT2D eigenvalue weighted by Crippen LogP contribution is 2.28. The Morgan fingerprint density at radius 3 is 2.36 bits per heavy atom. The highest BCUT2D eigenvalue weighted by molar-refractivity contribution is 7.86. The van der Waals surface area contributed by atoms with Crippen LogP contribution in [-0.4, -0.2) is 37.3 Å². The largest absolute Gasteiger partial charge is 0.522 e. The summed E-state index contributed by atoms with van der Waals surface area (Å²) in [5.41, 5.74) is -2.78. The molecule has 1 atom stereocenters. The first-order chi connectivity index (χ1) is 10.1. The van der Waals surface area contributed by atoms with Gasteiger partial charge in [0.1, 0.15) is 5.75 Å². The predicted molar refractivity (Wildman–Crippen MR) is 73.2 cm³/mol. The van der Waals surface area contributed by atoms with Gasteiger partial charge in [0.25, 0.3) is 0 Å². The van der Waals surface area contributed by atoms with E-state index < -0.39 is 15.6 Å². The summed E-state index contributed by atoms with van der Waals surface area (Å²) in [6.07, 6.45) is 3.17. The molecule has 0 saturated carbocycles. The predicted octanol–water partition coefficient (Wildman–Crippen LogP) is 2.19. The summed E-state index contributed by atoms with van der Waals surface area (Å²) in [5.74, 6) is 1.39. The van der Waals surface area contributed by atoms with Crippen LogP contribution in [0.1, 0.15) is 17.5 Å². The van der Waals surface area contributed by atoms with E-state index in [1.165, 1.54) is 11.1 Å². The Hall–Kier alpha value is -1.32. The van der Waals surface area contributed by atoms with Crippen LogP contribution in [0.4, 0.5) is 13.2 Å². The van der Waals surface area contributed by atoms with Gasteiger partial charge in [0.2, 0.25) is 0 Å². The number of aryl methyl sites for hydroxylation is 1. The molecule has 9 heteroatoms. The molecule has 1 aromatic carbocycles. The number of aliphatic hydroxyl groups excluding tert-OH is 1. The number of methoxy groups -OCH3 is 1. The number of aliphatic hydroxyl groups is 1. The Morgan fingerprint density at radius 1 is 1.32 bits per heavy atom. The second-order valence-corrected chi connectivity index (χ2v) is 6.26. The van der Waals surface area contributed by atoms with Crippen LogP contribution < -0.4 is 4.74 Å². The second kappa shape index (κ2) is 7.30. The monoisotopic (exact) mass is 342 g/mol. The van der Waals surface area contributed by atoms with Crippen molar-refractivity contribution < 1.29 is 36.0 Å². The van der Waals surface area contributed by atoms with Crippen LogP contribution in [0.2, 0.25) is 0 Å². The maximum Gasteiger partial charge on any atom is 0.522 e. The zero-order valence-electron chi connectivity index (χ0n) is 11.8. The fourth-order valence-electron chi connectivity index (χ4n) is 2.09. The van der Waals surface area contributed by atoms with Crippen LogP contribution in [0.15, 0.2) is 18.2 Å². The topological polar surface area (TPSA) is 83.8 Å². The van der Waals surface area contributed by atoms with Crippen LogP contribution in [0.5, 0.6) is 5.75 Å². The average Bonchev–Trinajstić information content (AvgIpc) is 2.44. The molecule has 1 aromatic rings. The molecule has 2 rings (SSSR count). The Bertz CT molecular complexity index is 598.